The van der Waals surface area contributed by atoms with E-state index in [0.29, 0.717) is 13.2 Å². The molecule has 1 fully saturated rings. The van der Waals surface area contributed by atoms with Gasteiger partial charge in [-0.25, -0.2) is 0 Å². The average molecular weight is 162 g/mol. The number of benzene rings is 1. The Balaban J connectivity index is 1.98. The quantitative estimate of drug-likeness (QED) is 0.656. The normalized spacial score (nSPS) is 17.1. The van der Waals surface area contributed by atoms with Crippen molar-refractivity contribution in [3.8, 4) is 5.75 Å². The highest BCUT2D eigenvalue weighted by atomic mass is 16.6. The third kappa shape index (κ3) is 1.59. The van der Waals surface area contributed by atoms with Crippen LogP contribution in [0.5, 0.6) is 5.75 Å². The fourth-order valence-electron chi connectivity index (χ4n) is 1.02. The summed E-state index contributed by atoms with van der Waals surface area (Å²) in [6, 6.07) is 7.39. The minimum atomic E-state index is 0.230. The van der Waals surface area contributed by atoms with Crippen molar-refractivity contribution in [3.63, 3.8) is 0 Å². The maximum Gasteiger partial charge on any atom is 0.145 e. The van der Waals surface area contributed by atoms with Gasteiger partial charge in [0, 0.05) is 0 Å². The van der Waals surface area contributed by atoms with Gasteiger partial charge >= 0.3 is 0 Å². The monoisotopic (exact) mass is 162 g/mol. The first-order valence-corrected chi connectivity index (χ1v) is 3.94. The minimum Gasteiger partial charge on any atom is -0.486 e. The van der Waals surface area contributed by atoms with Gasteiger partial charge in [0.15, 0.2) is 0 Å². The molecule has 0 aliphatic carbocycles. The molecule has 0 bridgehead atoms. The van der Waals surface area contributed by atoms with Crippen molar-refractivity contribution in [2.45, 2.75) is 6.10 Å². The molecular weight excluding hydrogens is 152 g/mol. The first-order valence-electron chi connectivity index (χ1n) is 3.94. The number of ether oxygens (including phenoxy) is 2. The van der Waals surface area contributed by atoms with E-state index in [1.54, 1.807) is 0 Å². The smallest absolute Gasteiger partial charge is 0.145 e. The van der Waals surface area contributed by atoms with E-state index in [1.807, 2.05) is 24.3 Å². The predicted octanol–water partition coefficient (Wildman–Crippen LogP) is 1.52. The van der Waals surface area contributed by atoms with E-state index in [2.05, 4.69) is 0 Å². The Morgan fingerprint density at radius 2 is 1.92 bits per heavy atom. The van der Waals surface area contributed by atoms with E-state index in [4.69, 9.17) is 16.4 Å². The van der Waals surface area contributed by atoms with Crippen LogP contribution >= 0.6 is 0 Å². The summed E-state index contributed by atoms with van der Waals surface area (Å²) in [5, 5.41) is 0. The molecule has 0 atom stereocenters. The van der Waals surface area contributed by atoms with Gasteiger partial charge in [-0.3, -0.25) is 0 Å². The lowest BCUT2D eigenvalue weighted by atomic mass is 10.2. The van der Waals surface area contributed by atoms with Crippen molar-refractivity contribution < 1.29 is 9.47 Å². The van der Waals surface area contributed by atoms with E-state index in [1.165, 1.54) is 0 Å². The van der Waals surface area contributed by atoms with Gasteiger partial charge in [0.2, 0.25) is 0 Å². The summed E-state index contributed by atoms with van der Waals surface area (Å²) in [6.07, 6.45) is 0.230. The maximum absolute atomic E-state index is 5.52. The van der Waals surface area contributed by atoms with Crippen molar-refractivity contribution >= 4 is 0 Å². The van der Waals surface area contributed by atoms with Crippen LogP contribution in [0.4, 0.5) is 0 Å². The van der Waals surface area contributed by atoms with E-state index in [-0.39, 0.29) is 6.10 Å². The zero-order chi connectivity index (χ0) is 8.39. The van der Waals surface area contributed by atoms with E-state index < -0.39 is 0 Å². The van der Waals surface area contributed by atoms with Crippen molar-refractivity contribution in [1.82, 2.24) is 0 Å². The molecular formula is C10H10O2. The molecule has 0 saturated carbocycles. The summed E-state index contributed by atoms with van der Waals surface area (Å²) >= 11 is 0. The van der Waals surface area contributed by atoms with Gasteiger partial charge in [0.1, 0.15) is 11.9 Å². The topological polar surface area (TPSA) is 18.5 Å². The molecule has 1 aromatic rings. The number of hydrogen-bond donors (Lipinski definition) is 0. The highest BCUT2D eigenvalue weighted by Crippen LogP contribution is 2.16. The molecule has 62 valence electrons. The molecule has 1 aliphatic rings. The standard InChI is InChI=1S/C10H10O2/c1-8-2-4-9(5-3-8)12-10-6-11-7-10/h1-5,10H,6-7H2. The van der Waals surface area contributed by atoms with Crippen LogP contribution in [0.2, 0.25) is 0 Å². The maximum atomic E-state index is 5.52. The van der Waals surface area contributed by atoms with Gasteiger partial charge in [-0.05, 0) is 24.6 Å². The summed E-state index contributed by atoms with van der Waals surface area (Å²) < 4.78 is 10.5. The molecule has 2 rings (SSSR count). The van der Waals surface area contributed by atoms with Crippen molar-refractivity contribution in [2.75, 3.05) is 13.2 Å². The molecule has 0 unspecified atom stereocenters. The molecule has 0 N–H and O–H groups in total. The average Bonchev–Trinajstić information content (AvgIpc) is 2.00. The van der Waals surface area contributed by atoms with Crippen LogP contribution in [-0.4, -0.2) is 19.3 Å². The Bertz CT molecular complexity index is 249. The summed E-state index contributed by atoms with van der Waals surface area (Å²) in [5.41, 5.74) is 0.757. The van der Waals surface area contributed by atoms with Gasteiger partial charge in [-0.1, -0.05) is 12.1 Å². The fourth-order valence-corrected chi connectivity index (χ4v) is 1.02. The molecule has 0 aromatic heterocycles. The first-order chi connectivity index (χ1) is 5.84. The van der Waals surface area contributed by atoms with Crippen LogP contribution in [-0.2, 0) is 4.74 Å². The summed E-state index contributed by atoms with van der Waals surface area (Å²) in [4.78, 5) is 0. The Kier molecular flexibility index (Phi) is 2.00. The van der Waals surface area contributed by atoms with Crippen LogP contribution < -0.4 is 4.74 Å². The van der Waals surface area contributed by atoms with E-state index in [0.717, 1.165) is 11.3 Å². The summed E-state index contributed by atoms with van der Waals surface area (Å²) in [7, 11) is 0. The van der Waals surface area contributed by atoms with Gasteiger partial charge in [-0.2, -0.15) is 0 Å². The van der Waals surface area contributed by atoms with Gasteiger partial charge in [0.05, 0.1) is 13.2 Å². The van der Waals surface area contributed by atoms with Gasteiger partial charge < -0.3 is 9.47 Å². The van der Waals surface area contributed by atoms with Crippen LogP contribution in [0, 0.1) is 6.92 Å². The second kappa shape index (κ2) is 3.15. The van der Waals surface area contributed by atoms with Crippen LogP contribution in [0.3, 0.4) is 0 Å². The molecule has 2 radical (unpaired) electrons. The second-order valence-electron chi connectivity index (χ2n) is 2.85. The molecule has 1 aromatic carbocycles. The lowest BCUT2D eigenvalue weighted by Crippen LogP contribution is -2.38. The molecule has 0 spiro atoms. The van der Waals surface area contributed by atoms with Gasteiger partial charge in [0.25, 0.3) is 0 Å². The number of hydrogen-bond acceptors (Lipinski definition) is 2. The van der Waals surface area contributed by atoms with Crippen molar-refractivity contribution in [1.29, 1.82) is 0 Å². The molecule has 1 aliphatic heterocycles. The first kappa shape index (κ1) is 7.62. The predicted molar refractivity (Wildman–Crippen MR) is 45.1 cm³/mol. The SMILES string of the molecule is [CH]c1ccc(OC2COC2)cc1. The Morgan fingerprint density at radius 1 is 1.25 bits per heavy atom. The fraction of sp³-hybridized carbons (Fsp3) is 0.300. The highest BCUT2D eigenvalue weighted by Gasteiger charge is 2.19. The third-order valence-corrected chi connectivity index (χ3v) is 1.79. The third-order valence-electron chi connectivity index (χ3n) is 1.79. The summed E-state index contributed by atoms with van der Waals surface area (Å²) in [6.45, 7) is 6.92. The van der Waals surface area contributed by atoms with Crippen LogP contribution in [0.1, 0.15) is 5.56 Å². The Labute approximate surface area is 72.1 Å². The minimum absolute atomic E-state index is 0.230. The highest BCUT2D eigenvalue weighted by molar-refractivity contribution is 5.28. The lowest BCUT2D eigenvalue weighted by Gasteiger charge is -2.26. The van der Waals surface area contributed by atoms with E-state index in [9.17, 15) is 0 Å². The largest absolute Gasteiger partial charge is 0.486 e. The Hall–Kier alpha value is -1.02. The second-order valence-corrected chi connectivity index (χ2v) is 2.85. The van der Waals surface area contributed by atoms with Crippen molar-refractivity contribution in [3.05, 3.63) is 36.8 Å². The lowest BCUT2D eigenvalue weighted by molar-refractivity contribution is -0.0796. The van der Waals surface area contributed by atoms with Crippen LogP contribution in [0.15, 0.2) is 24.3 Å². The zero-order valence-electron chi connectivity index (χ0n) is 6.69. The molecule has 0 amide bonds. The molecule has 12 heavy (non-hydrogen) atoms. The summed E-state index contributed by atoms with van der Waals surface area (Å²) in [5.74, 6) is 0.859. The Morgan fingerprint density at radius 3 is 2.42 bits per heavy atom. The van der Waals surface area contributed by atoms with Gasteiger partial charge in [-0.15, -0.1) is 0 Å². The van der Waals surface area contributed by atoms with Crippen LogP contribution in [0.25, 0.3) is 0 Å². The molecule has 2 heteroatoms. The molecule has 1 saturated heterocycles. The zero-order valence-corrected chi connectivity index (χ0v) is 6.69. The van der Waals surface area contributed by atoms with Crippen molar-refractivity contribution in [2.24, 2.45) is 0 Å². The number of rotatable bonds is 2. The molecule has 2 nitrogen and oxygen atoms in total. The van der Waals surface area contributed by atoms with E-state index >= 15 is 0 Å². The molecule has 1 heterocycles.